The number of carbonyl (C=O) groups excluding carboxylic acids is 1. The molecule has 22 heavy (non-hydrogen) atoms. The van der Waals surface area contributed by atoms with Crippen LogP contribution in [-0.2, 0) is 11.4 Å². The van der Waals surface area contributed by atoms with Crippen LogP contribution in [0.1, 0.15) is 16.1 Å². The summed E-state index contributed by atoms with van der Waals surface area (Å²) in [5.74, 6) is -0.0457. The van der Waals surface area contributed by atoms with E-state index in [-0.39, 0.29) is 12.3 Å². The van der Waals surface area contributed by atoms with Gasteiger partial charge in [-0.2, -0.15) is 0 Å². The Morgan fingerprint density at radius 2 is 1.73 bits per heavy atom. The van der Waals surface area contributed by atoms with E-state index < -0.39 is 5.91 Å². The van der Waals surface area contributed by atoms with Crippen molar-refractivity contribution in [3.8, 4) is 11.5 Å². The lowest BCUT2D eigenvalue weighted by atomic mass is 10.2. The highest BCUT2D eigenvalue weighted by molar-refractivity contribution is 5.91. The first-order chi connectivity index (χ1) is 10.8. The van der Waals surface area contributed by atoms with Crippen molar-refractivity contribution in [3.05, 3.63) is 78.2 Å². The molecule has 0 saturated heterocycles. The fraction of sp³-hybridized carbons (Fsp3) is 0.0588. The van der Waals surface area contributed by atoms with E-state index in [2.05, 4.69) is 10.5 Å². The molecule has 5 heteroatoms. The van der Waals surface area contributed by atoms with E-state index in [0.29, 0.717) is 5.89 Å². The van der Waals surface area contributed by atoms with Gasteiger partial charge < -0.3 is 4.42 Å². The Morgan fingerprint density at radius 1 is 1.05 bits per heavy atom. The van der Waals surface area contributed by atoms with Crippen LogP contribution in [0.2, 0.25) is 0 Å². The molecule has 0 radical (unpaired) electrons. The molecule has 110 valence electrons. The standard InChI is InChI=1S/C17H14N2O3/c20-16(19-22-11-13-7-3-1-4-8-13)15-12-21-17(18-15)14-9-5-2-6-10-14/h1-10,12H,11H2,(H,19,20). The molecule has 0 bridgehead atoms. The third-order valence-corrected chi connectivity index (χ3v) is 3.00. The number of aromatic nitrogens is 1. The van der Waals surface area contributed by atoms with Gasteiger partial charge in [0.2, 0.25) is 5.89 Å². The summed E-state index contributed by atoms with van der Waals surface area (Å²) >= 11 is 0. The summed E-state index contributed by atoms with van der Waals surface area (Å²) in [7, 11) is 0. The topological polar surface area (TPSA) is 64.4 Å². The smallest absolute Gasteiger partial charge is 0.296 e. The van der Waals surface area contributed by atoms with Gasteiger partial charge in [0.15, 0.2) is 5.69 Å². The Balaban J connectivity index is 1.58. The minimum atomic E-state index is -0.443. The van der Waals surface area contributed by atoms with E-state index in [4.69, 9.17) is 9.25 Å². The molecule has 0 spiro atoms. The van der Waals surface area contributed by atoms with Gasteiger partial charge in [0.05, 0.1) is 6.61 Å². The molecule has 0 fully saturated rings. The Kier molecular flexibility index (Phi) is 4.27. The van der Waals surface area contributed by atoms with Crippen molar-refractivity contribution in [1.29, 1.82) is 0 Å². The van der Waals surface area contributed by atoms with Gasteiger partial charge in [0, 0.05) is 5.56 Å². The molecule has 3 rings (SSSR count). The molecule has 0 saturated carbocycles. The second-order valence-corrected chi connectivity index (χ2v) is 4.61. The largest absolute Gasteiger partial charge is 0.444 e. The van der Waals surface area contributed by atoms with Crippen LogP contribution in [0.5, 0.6) is 0 Å². The SMILES string of the molecule is O=C(NOCc1ccccc1)c1coc(-c2ccccc2)n1. The van der Waals surface area contributed by atoms with Gasteiger partial charge in [-0.1, -0.05) is 48.5 Å². The van der Waals surface area contributed by atoms with Crippen LogP contribution >= 0.6 is 0 Å². The third-order valence-electron chi connectivity index (χ3n) is 3.00. The van der Waals surface area contributed by atoms with Crippen molar-refractivity contribution in [2.75, 3.05) is 0 Å². The van der Waals surface area contributed by atoms with Gasteiger partial charge in [-0.15, -0.1) is 0 Å². The Labute approximate surface area is 127 Å². The fourth-order valence-electron chi connectivity index (χ4n) is 1.90. The van der Waals surface area contributed by atoms with Gasteiger partial charge in [-0.3, -0.25) is 9.63 Å². The number of nitrogens with one attached hydrogen (secondary N) is 1. The van der Waals surface area contributed by atoms with Crippen molar-refractivity contribution < 1.29 is 14.0 Å². The van der Waals surface area contributed by atoms with Crippen LogP contribution in [0.3, 0.4) is 0 Å². The van der Waals surface area contributed by atoms with E-state index in [9.17, 15) is 4.79 Å². The number of hydrogen-bond acceptors (Lipinski definition) is 4. The summed E-state index contributed by atoms with van der Waals surface area (Å²) < 4.78 is 5.31. The molecule has 5 nitrogen and oxygen atoms in total. The van der Waals surface area contributed by atoms with Crippen LogP contribution in [0.15, 0.2) is 71.3 Å². The molecule has 1 N–H and O–H groups in total. The second kappa shape index (κ2) is 6.69. The molecule has 1 aromatic heterocycles. The average molecular weight is 294 g/mol. The number of carbonyl (C=O) groups is 1. The number of hydroxylamine groups is 1. The molecule has 0 atom stereocenters. The lowest BCUT2D eigenvalue weighted by molar-refractivity contribution is 0.0229. The van der Waals surface area contributed by atoms with Gasteiger partial charge in [0.25, 0.3) is 5.91 Å². The zero-order valence-electron chi connectivity index (χ0n) is 11.7. The highest BCUT2D eigenvalue weighted by Gasteiger charge is 2.13. The van der Waals surface area contributed by atoms with Crippen LogP contribution in [-0.4, -0.2) is 10.9 Å². The summed E-state index contributed by atoms with van der Waals surface area (Å²) in [6.45, 7) is 0.288. The lowest BCUT2D eigenvalue weighted by Crippen LogP contribution is -2.23. The molecule has 0 aliphatic heterocycles. The maximum absolute atomic E-state index is 11.9. The molecular formula is C17H14N2O3. The minimum absolute atomic E-state index is 0.173. The van der Waals surface area contributed by atoms with Crippen molar-refractivity contribution in [3.63, 3.8) is 0 Å². The summed E-state index contributed by atoms with van der Waals surface area (Å²) in [6, 6.07) is 18.9. The Morgan fingerprint density at radius 3 is 2.45 bits per heavy atom. The van der Waals surface area contributed by atoms with Crippen molar-refractivity contribution in [1.82, 2.24) is 10.5 Å². The van der Waals surface area contributed by atoms with E-state index in [1.54, 1.807) is 0 Å². The monoisotopic (exact) mass is 294 g/mol. The Hall–Kier alpha value is -2.92. The van der Waals surface area contributed by atoms with Crippen molar-refractivity contribution >= 4 is 5.91 Å². The van der Waals surface area contributed by atoms with E-state index in [0.717, 1.165) is 11.1 Å². The van der Waals surface area contributed by atoms with Crippen LogP contribution in [0.4, 0.5) is 0 Å². The number of rotatable bonds is 5. The van der Waals surface area contributed by atoms with Gasteiger partial charge in [0.1, 0.15) is 6.26 Å². The maximum Gasteiger partial charge on any atom is 0.296 e. The van der Waals surface area contributed by atoms with Crippen molar-refractivity contribution in [2.45, 2.75) is 6.61 Å². The van der Waals surface area contributed by atoms with E-state index in [1.807, 2.05) is 60.7 Å². The maximum atomic E-state index is 11.9. The zero-order valence-corrected chi connectivity index (χ0v) is 11.7. The molecule has 0 aliphatic carbocycles. The predicted octanol–water partition coefficient (Wildman–Crippen LogP) is 3.20. The average Bonchev–Trinajstić information content (AvgIpc) is 3.07. The molecule has 0 unspecified atom stereocenters. The molecular weight excluding hydrogens is 280 g/mol. The molecule has 3 aromatic rings. The lowest BCUT2D eigenvalue weighted by Gasteiger charge is -2.03. The predicted molar refractivity (Wildman–Crippen MR) is 80.6 cm³/mol. The number of amides is 1. The first-order valence-corrected chi connectivity index (χ1v) is 6.80. The van der Waals surface area contributed by atoms with E-state index in [1.165, 1.54) is 6.26 Å². The van der Waals surface area contributed by atoms with Crippen LogP contribution in [0.25, 0.3) is 11.5 Å². The normalized spacial score (nSPS) is 10.4. The highest BCUT2D eigenvalue weighted by Crippen LogP contribution is 2.17. The van der Waals surface area contributed by atoms with Gasteiger partial charge in [-0.05, 0) is 17.7 Å². The fourth-order valence-corrected chi connectivity index (χ4v) is 1.90. The minimum Gasteiger partial charge on any atom is -0.444 e. The molecule has 0 aliphatic rings. The third kappa shape index (κ3) is 3.39. The number of hydrogen-bond donors (Lipinski definition) is 1. The summed E-state index contributed by atoms with van der Waals surface area (Å²) in [4.78, 5) is 21.2. The summed E-state index contributed by atoms with van der Waals surface area (Å²) in [5, 5.41) is 0. The summed E-state index contributed by atoms with van der Waals surface area (Å²) in [5.41, 5.74) is 4.30. The molecule has 1 heterocycles. The van der Waals surface area contributed by atoms with Gasteiger partial charge in [-0.25, -0.2) is 10.5 Å². The first-order valence-electron chi connectivity index (χ1n) is 6.80. The first kappa shape index (κ1) is 14.0. The molecule has 2 aromatic carbocycles. The number of nitrogens with zero attached hydrogens (tertiary/aromatic N) is 1. The zero-order chi connectivity index (χ0) is 15.2. The Bertz CT molecular complexity index is 739. The number of oxazole rings is 1. The second-order valence-electron chi connectivity index (χ2n) is 4.61. The van der Waals surface area contributed by atoms with Crippen LogP contribution < -0.4 is 5.48 Å². The molecule has 1 amide bonds. The van der Waals surface area contributed by atoms with Gasteiger partial charge >= 0.3 is 0 Å². The number of benzene rings is 2. The van der Waals surface area contributed by atoms with Crippen LogP contribution in [0, 0.1) is 0 Å². The van der Waals surface area contributed by atoms with Crippen molar-refractivity contribution in [2.24, 2.45) is 0 Å². The highest BCUT2D eigenvalue weighted by atomic mass is 16.6. The summed E-state index contributed by atoms with van der Waals surface area (Å²) in [6.07, 6.45) is 1.31. The van der Waals surface area contributed by atoms with E-state index >= 15 is 0 Å². The quantitative estimate of drug-likeness (QED) is 0.734.